The van der Waals surface area contributed by atoms with Gasteiger partial charge in [0.1, 0.15) is 5.75 Å². The molecule has 0 amide bonds. The Morgan fingerprint density at radius 3 is 2.19 bits per heavy atom. The summed E-state index contributed by atoms with van der Waals surface area (Å²) in [6.07, 6.45) is -0.550. The van der Waals surface area contributed by atoms with E-state index in [0.29, 0.717) is 11.3 Å². The molecule has 0 aromatic heterocycles. The predicted molar refractivity (Wildman–Crippen MR) is 89.5 cm³/mol. The van der Waals surface area contributed by atoms with Crippen LogP contribution in [0, 0.1) is 13.8 Å². The van der Waals surface area contributed by atoms with Crippen LogP contribution in [0.4, 0.5) is 0 Å². The number of carbonyl (C=O) groups excluding carboxylic acids is 1. The first-order valence-corrected chi connectivity index (χ1v) is 7.78. The summed E-state index contributed by atoms with van der Waals surface area (Å²) in [6, 6.07) is 10.9. The highest BCUT2D eigenvalue weighted by Crippen LogP contribution is 2.26. The van der Waals surface area contributed by atoms with E-state index in [0.717, 1.165) is 20.6 Å². The molecule has 1 unspecified atom stereocenters. The van der Waals surface area contributed by atoms with Crippen molar-refractivity contribution in [1.29, 1.82) is 0 Å². The number of halogens is 2. The average Bonchev–Trinajstić information content (AvgIpc) is 2.44. The molecule has 0 N–H and O–H groups in total. The number of ether oxygens (including phenoxy) is 1. The van der Waals surface area contributed by atoms with Gasteiger partial charge in [-0.1, -0.05) is 39.7 Å². The summed E-state index contributed by atoms with van der Waals surface area (Å²) in [4.78, 5) is 12.3. The van der Waals surface area contributed by atoms with E-state index in [1.165, 1.54) is 0 Å². The number of aryl methyl sites for hydroxylation is 2. The summed E-state index contributed by atoms with van der Waals surface area (Å²) in [5.74, 6) is 0.611. The van der Waals surface area contributed by atoms with Gasteiger partial charge in [0.2, 0.25) is 5.78 Å². The Kier molecular flexibility index (Phi) is 5.07. The second-order valence-corrected chi connectivity index (χ2v) is 6.30. The summed E-state index contributed by atoms with van der Waals surface area (Å²) < 4.78 is 6.70. The smallest absolute Gasteiger partial charge is 0.202 e. The van der Waals surface area contributed by atoms with Gasteiger partial charge in [-0.3, -0.25) is 4.79 Å². The lowest BCUT2D eigenvalue weighted by Gasteiger charge is -2.15. The molecule has 2 nitrogen and oxygen atoms in total. The van der Waals surface area contributed by atoms with Gasteiger partial charge in [0.15, 0.2) is 6.10 Å². The number of benzene rings is 2. The fraction of sp³-hybridized carbons (Fsp3) is 0.235. The van der Waals surface area contributed by atoms with Gasteiger partial charge >= 0.3 is 0 Å². The Labute approximate surface area is 138 Å². The molecular formula is C17H16BrClO2. The second kappa shape index (κ2) is 6.63. The van der Waals surface area contributed by atoms with Crippen molar-refractivity contribution in [1.82, 2.24) is 0 Å². The monoisotopic (exact) mass is 366 g/mol. The van der Waals surface area contributed by atoms with Crippen LogP contribution in [0.5, 0.6) is 5.75 Å². The Bertz CT molecular complexity index is 642. The van der Waals surface area contributed by atoms with Gasteiger partial charge in [-0.15, -0.1) is 0 Å². The fourth-order valence-corrected chi connectivity index (χ4v) is 2.45. The zero-order valence-corrected chi connectivity index (χ0v) is 14.5. The highest BCUT2D eigenvalue weighted by atomic mass is 79.9. The van der Waals surface area contributed by atoms with E-state index in [4.69, 9.17) is 16.3 Å². The van der Waals surface area contributed by atoms with E-state index in [2.05, 4.69) is 15.9 Å². The van der Waals surface area contributed by atoms with Gasteiger partial charge in [-0.2, -0.15) is 0 Å². The molecule has 4 heteroatoms. The molecule has 0 aliphatic heterocycles. The highest BCUT2D eigenvalue weighted by Gasteiger charge is 2.17. The lowest BCUT2D eigenvalue weighted by atomic mass is 10.1. The lowest BCUT2D eigenvalue weighted by molar-refractivity contribution is 0.0818. The van der Waals surface area contributed by atoms with Crippen molar-refractivity contribution in [2.45, 2.75) is 26.9 Å². The number of Topliss-reactive ketones (excluding diaryl/α,β-unsaturated/α-hetero) is 1. The van der Waals surface area contributed by atoms with Crippen LogP contribution < -0.4 is 4.74 Å². The summed E-state index contributed by atoms with van der Waals surface area (Å²) in [7, 11) is 0. The Balaban J connectivity index is 2.16. The van der Waals surface area contributed by atoms with Crippen molar-refractivity contribution >= 4 is 33.3 Å². The van der Waals surface area contributed by atoms with Crippen LogP contribution in [0.25, 0.3) is 0 Å². The number of hydrogen-bond donors (Lipinski definition) is 0. The van der Waals surface area contributed by atoms with Gasteiger partial charge in [0.05, 0.1) is 0 Å². The fourth-order valence-electron chi connectivity index (χ4n) is 2.08. The maximum atomic E-state index is 12.3. The van der Waals surface area contributed by atoms with Crippen LogP contribution in [0.3, 0.4) is 0 Å². The molecule has 0 aliphatic carbocycles. The third-order valence-electron chi connectivity index (χ3n) is 3.22. The van der Waals surface area contributed by atoms with Crippen molar-refractivity contribution < 1.29 is 9.53 Å². The SMILES string of the molecule is Cc1cc(OC(C)C(=O)c2ccc(Br)cc2)cc(C)c1Cl. The number of carbonyl (C=O) groups is 1. The molecule has 21 heavy (non-hydrogen) atoms. The molecule has 1 atom stereocenters. The molecule has 0 saturated carbocycles. The number of ketones is 1. The second-order valence-electron chi connectivity index (χ2n) is 5.00. The first kappa shape index (κ1) is 16.1. The van der Waals surface area contributed by atoms with Gasteiger partial charge in [-0.25, -0.2) is 0 Å². The molecule has 0 bridgehead atoms. The minimum Gasteiger partial charge on any atom is -0.483 e. The molecule has 0 heterocycles. The molecular weight excluding hydrogens is 352 g/mol. The summed E-state index contributed by atoms with van der Waals surface area (Å²) in [6.45, 7) is 5.59. The molecule has 0 saturated heterocycles. The van der Waals surface area contributed by atoms with E-state index in [-0.39, 0.29) is 5.78 Å². The van der Waals surface area contributed by atoms with Crippen LogP contribution in [0.2, 0.25) is 5.02 Å². The normalized spacial score (nSPS) is 12.0. The third kappa shape index (κ3) is 3.86. The lowest BCUT2D eigenvalue weighted by Crippen LogP contribution is -2.23. The maximum absolute atomic E-state index is 12.3. The molecule has 0 aliphatic rings. The maximum Gasteiger partial charge on any atom is 0.202 e. The third-order valence-corrected chi connectivity index (χ3v) is 4.35. The largest absolute Gasteiger partial charge is 0.483 e. The summed E-state index contributed by atoms with van der Waals surface area (Å²) in [5.41, 5.74) is 2.51. The van der Waals surface area contributed by atoms with Crippen LogP contribution in [0.15, 0.2) is 40.9 Å². The molecule has 2 aromatic rings. The standard InChI is InChI=1S/C17H16BrClO2/c1-10-8-15(9-11(2)16(10)19)21-12(3)17(20)13-4-6-14(18)7-5-13/h4-9,12H,1-3H3. The minimum absolute atomic E-state index is 0.0484. The van der Waals surface area contributed by atoms with Crippen LogP contribution in [-0.2, 0) is 0 Å². The van der Waals surface area contributed by atoms with Gasteiger partial charge in [-0.05, 0) is 56.2 Å². The molecule has 0 spiro atoms. The van der Waals surface area contributed by atoms with Crippen molar-refractivity contribution in [2.24, 2.45) is 0 Å². The van der Waals surface area contributed by atoms with Crippen LogP contribution in [0.1, 0.15) is 28.4 Å². The zero-order chi connectivity index (χ0) is 15.6. The molecule has 0 fully saturated rings. The van der Waals surface area contributed by atoms with E-state index < -0.39 is 6.10 Å². The van der Waals surface area contributed by atoms with E-state index in [1.807, 2.05) is 38.1 Å². The summed E-state index contributed by atoms with van der Waals surface area (Å²) >= 11 is 9.49. The van der Waals surface area contributed by atoms with Gasteiger partial charge < -0.3 is 4.74 Å². The molecule has 110 valence electrons. The van der Waals surface area contributed by atoms with E-state index in [9.17, 15) is 4.79 Å². The molecule has 0 radical (unpaired) electrons. The van der Waals surface area contributed by atoms with Crippen molar-refractivity contribution in [2.75, 3.05) is 0 Å². The van der Waals surface area contributed by atoms with Crippen molar-refractivity contribution in [3.8, 4) is 5.75 Å². The van der Waals surface area contributed by atoms with E-state index in [1.54, 1.807) is 19.1 Å². The quantitative estimate of drug-likeness (QED) is 0.679. The Hall–Kier alpha value is -1.32. The molecule has 2 rings (SSSR count). The zero-order valence-electron chi connectivity index (χ0n) is 12.1. The van der Waals surface area contributed by atoms with Gasteiger partial charge in [0, 0.05) is 15.1 Å². The minimum atomic E-state index is -0.550. The Morgan fingerprint density at radius 1 is 1.14 bits per heavy atom. The highest BCUT2D eigenvalue weighted by molar-refractivity contribution is 9.10. The van der Waals surface area contributed by atoms with Crippen LogP contribution >= 0.6 is 27.5 Å². The topological polar surface area (TPSA) is 26.3 Å². The molecule has 2 aromatic carbocycles. The first-order valence-electron chi connectivity index (χ1n) is 6.61. The van der Waals surface area contributed by atoms with E-state index >= 15 is 0 Å². The van der Waals surface area contributed by atoms with Crippen molar-refractivity contribution in [3.63, 3.8) is 0 Å². The summed E-state index contributed by atoms with van der Waals surface area (Å²) in [5, 5.41) is 0.731. The van der Waals surface area contributed by atoms with Gasteiger partial charge in [0.25, 0.3) is 0 Å². The van der Waals surface area contributed by atoms with Crippen molar-refractivity contribution in [3.05, 3.63) is 62.6 Å². The first-order chi connectivity index (χ1) is 9.88. The number of hydrogen-bond acceptors (Lipinski definition) is 2. The Morgan fingerprint density at radius 2 is 1.67 bits per heavy atom. The van der Waals surface area contributed by atoms with Crippen LogP contribution in [-0.4, -0.2) is 11.9 Å². The predicted octanol–water partition coefficient (Wildman–Crippen LogP) is 5.37. The number of rotatable bonds is 4. The average molecular weight is 368 g/mol.